The van der Waals surface area contributed by atoms with Crippen LogP contribution >= 0.6 is 0 Å². The minimum Gasteiger partial charge on any atom is -0.330 e. The van der Waals surface area contributed by atoms with Crippen molar-refractivity contribution in [3.63, 3.8) is 0 Å². The Hall–Kier alpha value is -1.60. The second-order valence-electron chi connectivity index (χ2n) is 8.36. The summed E-state index contributed by atoms with van der Waals surface area (Å²) in [6.45, 7) is 2.96. The molecule has 0 saturated heterocycles. The lowest BCUT2D eigenvalue weighted by atomic mass is 9.65. The van der Waals surface area contributed by atoms with Crippen molar-refractivity contribution in [1.82, 2.24) is 0 Å². The fourth-order valence-corrected chi connectivity index (χ4v) is 5.10. The van der Waals surface area contributed by atoms with Gasteiger partial charge in [0.2, 0.25) is 0 Å². The van der Waals surface area contributed by atoms with Gasteiger partial charge in [0.05, 0.1) is 0 Å². The van der Waals surface area contributed by atoms with Crippen molar-refractivity contribution in [3.8, 4) is 0 Å². The van der Waals surface area contributed by atoms with Gasteiger partial charge in [0, 0.05) is 12.0 Å². The lowest BCUT2D eigenvalue weighted by molar-refractivity contribution is 0.276. The molecule has 2 aliphatic rings. The van der Waals surface area contributed by atoms with Crippen molar-refractivity contribution in [3.05, 3.63) is 70.3 Å². The Morgan fingerprint density at radius 2 is 1.72 bits per heavy atom. The van der Waals surface area contributed by atoms with Gasteiger partial charge < -0.3 is 5.73 Å². The van der Waals surface area contributed by atoms with E-state index in [-0.39, 0.29) is 5.41 Å². The maximum absolute atomic E-state index is 6.30. The van der Waals surface area contributed by atoms with Gasteiger partial charge in [0.15, 0.2) is 0 Å². The molecule has 1 fully saturated rings. The Morgan fingerprint density at radius 1 is 0.960 bits per heavy atom. The van der Waals surface area contributed by atoms with Crippen LogP contribution in [0.15, 0.2) is 42.5 Å². The molecule has 0 heterocycles. The number of fused-ring (bicyclic) bond motifs is 1. The van der Waals surface area contributed by atoms with Crippen molar-refractivity contribution in [2.75, 3.05) is 6.54 Å². The molecule has 1 nitrogen and oxygen atoms in total. The van der Waals surface area contributed by atoms with Crippen LogP contribution in [0.3, 0.4) is 0 Å². The predicted octanol–water partition coefficient (Wildman–Crippen LogP) is 5.43. The third-order valence-electron chi connectivity index (χ3n) is 6.81. The number of hydrogen-bond donors (Lipinski definition) is 1. The predicted molar refractivity (Wildman–Crippen MR) is 106 cm³/mol. The molecule has 132 valence electrons. The van der Waals surface area contributed by atoms with Gasteiger partial charge in [-0.1, -0.05) is 48.0 Å². The summed E-state index contributed by atoms with van der Waals surface area (Å²) in [5.74, 6) is 0.719. The first kappa shape index (κ1) is 16.8. The lowest BCUT2D eigenvalue weighted by Crippen LogP contribution is -2.38. The molecular weight excluding hydrogens is 302 g/mol. The molecule has 0 radical (unpaired) electrons. The van der Waals surface area contributed by atoms with Crippen LogP contribution in [0.4, 0.5) is 0 Å². The number of aryl methyl sites for hydroxylation is 3. The Balaban J connectivity index is 1.52. The molecular formula is C24H31N. The molecule has 0 spiro atoms. The fourth-order valence-electron chi connectivity index (χ4n) is 5.10. The summed E-state index contributed by atoms with van der Waals surface area (Å²) >= 11 is 0. The van der Waals surface area contributed by atoms with Crippen molar-refractivity contribution in [2.45, 2.75) is 69.6 Å². The molecule has 1 heteroatoms. The van der Waals surface area contributed by atoms with Crippen LogP contribution in [0.1, 0.15) is 72.3 Å². The maximum atomic E-state index is 6.30. The molecule has 0 aliphatic heterocycles. The van der Waals surface area contributed by atoms with Crippen LogP contribution in [0.5, 0.6) is 0 Å². The molecule has 2 aromatic rings. The fraction of sp³-hybridized carbons (Fsp3) is 0.500. The summed E-state index contributed by atoms with van der Waals surface area (Å²) in [6.07, 6.45) is 10.3. The molecule has 0 bridgehead atoms. The third-order valence-corrected chi connectivity index (χ3v) is 6.81. The Morgan fingerprint density at radius 3 is 2.44 bits per heavy atom. The largest absolute Gasteiger partial charge is 0.330 e. The average molecular weight is 334 g/mol. The van der Waals surface area contributed by atoms with Gasteiger partial charge in [-0.05, 0) is 86.5 Å². The van der Waals surface area contributed by atoms with E-state index in [9.17, 15) is 0 Å². The van der Waals surface area contributed by atoms with E-state index >= 15 is 0 Å². The van der Waals surface area contributed by atoms with E-state index < -0.39 is 0 Å². The number of nitrogens with two attached hydrogens (primary N) is 1. The van der Waals surface area contributed by atoms with Crippen molar-refractivity contribution >= 4 is 0 Å². The van der Waals surface area contributed by atoms with Gasteiger partial charge in [-0.3, -0.25) is 0 Å². The highest BCUT2D eigenvalue weighted by Crippen LogP contribution is 2.45. The van der Waals surface area contributed by atoms with Gasteiger partial charge >= 0.3 is 0 Å². The summed E-state index contributed by atoms with van der Waals surface area (Å²) in [7, 11) is 0. The van der Waals surface area contributed by atoms with Gasteiger partial charge in [0.25, 0.3) is 0 Å². The first-order valence-corrected chi connectivity index (χ1v) is 10.1. The van der Waals surface area contributed by atoms with E-state index in [2.05, 4.69) is 49.4 Å². The standard InChI is InChI=1S/C24H31N/c1-18-5-4-8-23(15-18)24(17-25)13-11-20(12-14-24)22-10-9-19-6-2-3-7-21(19)16-22/h4-5,8-10,15-16,20H,2-3,6-7,11-14,17,25H2,1H3. The van der Waals surface area contributed by atoms with Crippen molar-refractivity contribution in [2.24, 2.45) is 5.73 Å². The van der Waals surface area contributed by atoms with Crippen molar-refractivity contribution < 1.29 is 0 Å². The Bertz CT molecular complexity index is 738. The van der Waals surface area contributed by atoms with Crippen LogP contribution < -0.4 is 5.73 Å². The third kappa shape index (κ3) is 3.27. The first-order chi connectivity index (χ1) is 12.2. The van der Waals surface area contributed by atoms with E-state index in [1.54, 1.807) is 16.7 Å². The summed E-state index contributed by atoms with van der Waals surface area (Å²) in [5.41, 5.74) is 14.1. The highest BCUT2D eigenvalue weighted by molar-refractivity contribution is 5.37. The Labute approximate surface area is 152 Å². The quantitative estimate of drug-likeness (QED) is 0.796. The van der Waals surface area contributed by atoms with Crippen LogP contribution in [0, 0.1) is 6.92 Å². The van der Waals surface area contributed by atoms with E-state index in [1.807, 2.05) is 0 Å². The van der Waals surface area contributed by atoms with Crippen LogP contribution in [0.2, 0.25) is 0 Å². The topological polar surface area (TPSA) is 26.0 Å². The number of benzene rings is 2. The van der Waals surface area contributed by atoms with Crippen LogP contribution in [0.25, 0.3) is 0 Å². The molecule has 1 saturated carbocycles. The minimum absolute atomic E-state index is 0.191. The molecule has 25 heavy (non-hydrogen) atoms. The number of hydrogen-bond acceptors (Lipinski definition) is 1. The second kappa shape index (κ2) is 6.96. The molecule has 2 N–H and O–H groups in total. The molecule has 2 aromatic carbocycles. The van der Waals surface area contributed by atoms with Crippen LogP contribution in [-0.2, 0) is 18.3 Å². The molecule has 0 unspecified atom stereocenters. The smallest absolute Gasteiger partial charge is 0.00761 e. The zero-order chi connectivity index (χ0) is 17.3. The summed E-state index contributed by atoms with van der Waals surface area (Å²) < 4.78 is 0. The number of rotatable bonds is 3. The monoisotopic (exact) mass is 333 g/mol. The van der Waals surface area contributed by atoms with Gasteiger partial charge in [0.1, 0.15) is 0 Å². The Kier molecular flexibility index (Phi) is 4.69. The molecule has 2 aliphatic carbocycles. The zero-order valence-electron chi connectivity index (χ0n) is 15.6. The van der Waals surface area contributed by atoms with Crippen LogP contribution in [-0.4, -0.2) is 6.54 Å². The van der Waals surface area contributed by atoms with E-state index in [4.69, 9.17) is 5.73 Å². The van der Waals surface area contributed by atoms with E-state index in [0.29, 0.717) is 0 Å². The normalized spacial score (nSPS) is 26.2. The van der Waals surface area contributed by atoms with Gasteiger partial charge in [-0.15, -0.1) is 0 Å². The average Bonchev–Trinajstić information content (AvgIpc) is 2.68. The highest BCUT2D eigenvalue weighted by Gasteiger charge is 2.36. The van der Waals surface area contributed by atoms with Gasteiger partial charge in [-0.2, -0.15) is 0 Å². The highest BCUT2D eigenvalue weighted by atomic mass is 14.6. The van der Waals surface area contributed by atoms with Crippen molar-refractivity contribution in [1.29, 1.82) is 0 Å². The second-order valence-corrected chi connectivity index (χ2v) is 8.36. The molecule has 0 aromatic heterocycles. The molecule has 0 amide bonds. The maximum Gasteiger partial charge on any atom is 0.00761 e. The van der Waals surface area contributed by atoms with Gasteiger partial charge in [-0.25, -0.2) is 0 Å². The summed E-state index contributed by atoms with van der Waals surface area (Å²) in [4.78, 5) is 0. The SMILES string of the molecule is Cc1cccc(C2(CN)CCC(c3ccc4c(c3)CCCC4)CC2)c1. The van der Waals surface area contributed by atoms with E-state index in [0.717, 1.165) is 12.5 Å². The zero-order valence-corrected chi connectivity index (χ0v) is 15.6. The summed E-state index contributed by atoms with van der Waals surface area (Å²) in [6, 6.07) is 16.4. The molecule has 0 atom stereocenters. The first-order valence-electron chi connectivity index (χ1n) is 10.1. The lowest BCUT2D eigenvalue weighted by Gasteiger charge is -2.40. The molecule has 4 rings (SSSR count). The van der Waals surface area contributed by atoms with E-state index in [1.165, 1.54) is 62.5 Å². The summed E-state index contributed by atoms with van der Waals surface area (Å²) in [5, 5.41) is 0. The minimum atomic E-state index is 0.191.